The average molecular weight is 276 g/mol. The third-order valence-corrected chi connectivity index (χ3v) is 4.09. The minimum Gasteiger partial charge on any atom is -0.365 e. The molecule has 0 bridgehead atoms. The summed E-state index contributed by atoms with van der Waals surface area (Å²) < 4.78 is 5.62. The maximum Gasteiger partial charge on any atom is 0.251 e. The van der Waals surface area contributed by atoms with Crippen molar-refractivity contribution >= 4 is 21.8 Å². The Bertz CT molecular complexity index is 247. The molecule has 2 saturated heterocycles. The van der Waals surface area contributed by atoms with E-state index in [4.69, 9.17) is 4.74 Å². The number of amides is 1. The summed E-state index contributed by atoms with van der Waals surface area (Å²) >= 11 is 3.47. The number of carbonyl (C=O) groups is 1. The summed E-state index contributed by atoms with van der Waals surface area (Å²) in [4.78, 5) is 14.1. The average Bonchev–Trinajstić information content (AvgIpc) is 2.84. The fourth-order valence-corrected chi connectivity index (χ4v) is 3.13. The summed E-state index contributed by atoms with van der Waals surface area (Å²) in [5.74, 6) is 0.210. The van der Waals surface area contributed by atoms with Gasteiger partial charge < -0.3 is 9.64 Å². The Hall–Kier alpha value is -0.0900. The first-order chi connectivity index (χ1) is 7.22. The van der Waals surface area contributed by atoms with Gasteiger partial charge in [-0.25, -0.2) is 0 Å². The molecule has 3 nitrogen and oxygen atoms in total. The van der Waals surface area contributed by atoms with Crippen molar-refractivity contribution in [1.29, 1.82) is 0 Å². The maximum absolute atomic E-state index is 12.1. The van der Waals surface area contributed by atoms with E-state index in [1.54, 1.807) is 0 Å². The largest absolute Gasteiger partial charge is 0.365 e. The molecule has 0 N–H and O–H groups in total. The van der Waals surface area contributed by atoms with E-state index in [0.717, 1.165) is 37.6 Å². The van der Waals surface area contributed by atoms with Gasteiger partial charge in [0.1, 0.15) is 6.10 Å². The molecule has 0 spiro atoms. The summed E-state index contributed by atoms with van der Waals surface area (Å²) in [6, 6.07) is 0.386. The van der Waals surface area contributed by atoms with E-state index in [2.05, 4.69) is 15.9 Å². The normalized spacial score (nSPS) is 36.1. The van der Waals surface area contributed by atoms with Crippen molar-refractivity contribution in [2.24, 2.45) is 0 Å². The third kappa shape index (κ3) is 2.36. The van der Waals surface area contributed by atoms with Crippen LogP contribution < -0.4 is 0 Å². The molecular weight excluding hydrogens is 258 g/mol. The Balaban J connectivity index is 1.95. The number of hydrogen-bond acceptors (Lipinski definition) is 2. The predicted molar refractivity (Wildman–Crippen MR) is 62.1 cm³/mol. The number of nitrogens with zero attached hydrogens (tertiary/aromatic N) is 1. The zero-order chi connectivity index (χ0) is 10.8. The second kappa shape index (κ2) is 4.83. The Morgan fingerprint density at radius 1 is 1.47 bits per heavy atom. The van der Waals surface area contributed by atoms with Gasteiger partial charge in [0.05, 0.1) is 6.10 Å². The van der Waals surface area contributed by atoms with Gasteiger partial charge in [-0.05, 0) is 32.6 Å². The third-order valence-electron chi connectivity index (χ3n) is 3.35. The van der Waals surface area contributed by atoms with Crippen LogP contribution in [0, 0.1) is 0 Å². The second-order valence-corrected chi connectivity index (χ2v) is 5.14. The lowest BCUT2D eigenvalue weighted by molar-refractivity contribution is -0.143. The predicted octanol–water partition coefficient (Wildman–Crippen LogP) is 1.94. The number of halogens is 1. The molecule has 2 fully saturated rings. The second-order valence-electron chi connectivity index (χ2n) is 4.49. The molecule has 2 aliphatic heterocycles. The highest BCUT2D eigenvalue weighted by Gasteiger charge is 2.36. The Morgan fingerprint density at radius 3 is 2.87 bits per heavy atom. The summed E-state index contributed by atoms with van der Waals surface area (Å²) in [7, 11) is 0. The van der Waals surface area contributed by atoms with Crippen LogP contribution in [-0.4, -0.2) is 40.9 Å². The van der Waals surface area contributed by atoms with Gasteiger partial charge in [-0.1, -0.05) is 15.9 Å². The maximum atomic E-state index is 12.1. The van der Waals surface area contributed by atoms with E-state index in [0.29, 0.717) is 6.04 Å². The lowest BCUT2D eigenvalue weighted by Crippen LogP contribution is -2.42. The zero-order valence-electron chi connectivity index (χ0n) is 9.12. The Labute approximate surface area is 99.3 Å². The molecule has 86 valence electrons. The molecule has 2 rings (SSSR count). The highest BCUT2D eigenvalue weighted by atomic mass is 79.9. The smallest absolute Gasteiger partial charge is 0.251 e. The van der Waals surface area contributed by atoms with E-state index in [-0.39, 0.29) is 18.1 Å². The zero-order valence-corrected chi connectivity index (χ0v) is 10.7. The molecule has 0 saturated carbocycles. The van der Waals surface area contributed by atoms with Crippen molar-refractivity contribution in [3.63, 3.8) is 0 Å². The highest BCUT2D eigenvalue weighted by molar-refractivity contribution is 9.09. The van der Waals surface area contributed by atoms with Gasteiger partial charge in [-0.2, -0.15) is 0 Å². The molecule has 0 aromatic rings. The van der Waals surface area contributed by atoms with Crippen molar-refractivity contribution in [1.82, 2.24) is 4.90 Å². The van der Waals surface area contributed by atoms with Gasteiger partial charge in [-0.3, -0.25) is 4.79 Å². The molecule has 0 aromatic heterocycles. The van der Waals surface area contributed by atoms with E-state index in [1.165, 1.54) is 0 Å². The van der Waals surface area contributed by atoms with Crippen LogP contribution in [-0.2, 0) is 9.53 Å². The molecule has 0 radical (unpaired) electrons. The summed E-state index contributed by atoms with van der Waals surface area (Å²) in [5, 5.41) is 0.890. The molecular formula is C11H18BrNO2. The first kappa shape index (κ1) is 11.4. The van der Waals surface area contributed by atoms with E-state index in [9.17, 15) is 4.79 Å². The molecule has 2 unspecified atom stereocenters. The molecule has 1 amide bonds. The summed E-state index contributed by atoms with van der Waals surface area (Å²) in [6.45, 7) is 2.95. The van der Waals surface area contributed by atoms with Crippen LogP contribution in [0.5, 0.6) is 0 Å². The van der Waals surface area contributed by atoms with Gasteiger partial charge in [-0.15, -0.1) is 0 Å². The minimum atomic E-state index is -0.167. The molecule has 3 atom stereocenters. The van der Waals surface area contributed by atoms with Crippen molar-refractivity contribution in [2.45, 2.75) is 50.9 Å². The van der Waals surface area contributed by atoms with Crippen LogP contribution in [0.2, 0.25) is 0 Å². The molecule has 0 aromatic carbocycles. The number of rotatable bonds is 2. The number of hydrogen-bond donors (Lipinski definition) is 0. The van der Waals surface area contributed by atoms with Crippen molar-refractivity contribution in [3.8, 4) is 0 Å². The van der Waals surface area contributed by atoms with Crippen LogP contribution >= 0.6 is 15.9 Å². The van der Waals surface area contributed by atoms with Gasteiger partial charge in [0.2, 0.25) is 0 Å². The topological polar surface area (TPSA) is 29.5 Å². The van der Waals surface area contributed by atoms with Gasteiger partial charge in [0.15, 0.2) is 0 Å². The van der Waals surface area contributed by atoms with Crippen molar-refractivity contribution in [3.05, 3.63) is 0 Å². The first-order valence-electron chi connectivity index (χ1n) is 5.74. The number of likely N-dealkylation sites (tertiary alicyclic amines) is 1. The Morgan fingerprint density at radius 2 is 2.27 bits per heavy atom. The van der Waals surface area contributed by atoms with Crippen molar-refractivity contribution < 1.29 is 9.53 Å². The van der Waals surface area contributed by atoms with Crippen LogP contribution in [0.4, 0.5) is 0 Å². The lowest BCUT2D eigenvalue weighted by atomic mass is 10.2. The summed E-state index contributed by atoms with van der Waals surface area (Å²) in [5.41, 5.74) is 0. The van der Waals surface area contributed by atoms with E-state index in [1.807, 2.05) is 11.8 Å². The van der Waals surface area contributed by atoms with E-state index >= 15 is 0 Å². The molecule has 4 heteroatoms. The lowest BCUT2D eigenvalue weighted by Gasteiger charge is -2.25. The fraction of sp³-hybridized carbons (Fsp3) is 0.909. The molecule has 15 heavy (non-hydrogen) atoms. The first-order valence-corrected chi connectivity index (χ1v) is 6.86. The van der Waals surface area contributed by atoms with Gasteiger partial charge in [0.25, 0.3) is 5.91 Å². The number of ether oxygens (including phenoxy) is 1. The SMILES string of the molecule is CC1CCC(C(=O)N2CCC[C@@H]2CBr)O1. The van der Waals surface area contributed by atoms with Gasteiger partial charge in [0, 0.05) is 17.9 Å². The molecule has 2 aliphatic rings. The number of carbonyl (C=O) groups excluding carboxylic acids is 1. The number of alkyl halides is 1. The standard InChI is InChI=1S/C11H18BrNO2/c1-8-4-5-10(15-8)11(14)13-6-2-3-9(13)7-12/h8-10H,2-7H2,1H3/t8?,9-,10?/m1/s1. The van der Waals surface area contributed by atoms with Crippen LogP contribution in [0.1, 0.15) is 32.6 Å². The van der Waals surface area contributed by atoms with Crippen LogP contribution in [0.15, 0.2) is 0 Å². The minimum absolute atomic E-state index is 0.167. The van der Waals surface area contributed by atoms with Crippen molar-refractivity contribution in [2.75, 3.05) is 11.9 Å². The van der Waals surface area contributed by atoms with Crippen LogP contribution in [0.25, 0.3) is 0 Å². The molecule has 2 heterocycles. The molecule has 0 aliphatic carbocycles. The Kier molecular flexibility index (Phi) is 3.67. The highest BCUT2D eigenvalue weighted by Crippen LogP contribution is 2.25. The summed E-state index contributed by atoms with van der Waals surface area (Å²) in [6.07, 6.45) is 4.25. The van der Waals surface area contributed by atoms with Gasteiger partial charge >= 0.3 is 0 Å². The van der Waals surface area contributed by atoms with E-state index < -0.39 is 0 Å². The van der Waals surface area contributed by atoms with Crippen LogP contribution in [0.3, 0.4) is 0 Å². The fourth-order valence-electron chi connectivity index (χ4n) is 2.46. The monoisotopic (exact) mass is 275 g/mol. The quantitative estimate of drug-likeness (QED) is 0.721.